The number of hydrogen-bond acceptors (Lipinski definition) is 18. The standard InChI is InChI=1S/C37H52N2O14S4/c1-4-7-33-52-30-21-27-26-11-10-24-20-25(40)12-13-35(24,2)34(26)28(51-32(43)9-6-17-55-57-19-15-50-39(46)47)22-36(27,3)37(30,53-33)29(41)23-48-31(42)8-5-16-54-56-18-14-49-38(44)45/h12-13,20,26-28,30,33-34H,4-11,14-19,21-23H2,1-3H3/t26-,27-,28-,30+,33?,34+,35-,36-,37+/m0/s1. The third kappa shape index (κ3) is 10.6. The molecule has 0 bridgehead atoms. The lowest BCUT2D eigenvalue weighted by Crippen LogP contribution is -2.64. The van der Waals surface area contributed by atoms with Gasteiger partial charge in [-0.25, -0.2) is 0 Å². The Kier molecular flexibility index (Phi) is 16.5. The fourth-order valence-electron chi connectivity index (χ4n) is 9.71. The first-order valence-corrected chi connectivity index (χ1v) is 24.4. The topological polar surface area (TPSA) is 210 Å². The molecule has 0 aromatic carbocycles. The number of rotatable bonds is 24. The number of fused-ring (bicyclic) bond motifs is 7. The maximum Gasteiger partial charge on any atom is 0.306 e. The van der Waals surface area contributed by atoms with Gasteiger partial charge in [-0.15, -0.1) is 20.2 Å². The van der Waals surface area contributed by atoms with Crippen LogP contribution in [0.2, 0.25) is 0 Å². The van der Waals surface area contributed by atoms with Gasteiger partial charge in [0.1, 0.15) is 19.3 Å². The van der Waals surface area contributed by atoms with Crippen LogP contribution in [0.4, 0.5) is 0 Å². The third-order valence-corrected chi connectivity index (χ3v) is 16.9. The second-order valence-corrected chi connectivity index (χ2v) is 20.7. The summed E-state index contributed by atoms with van der Waals surface area (Å²) in [6.45, 7) is 5.65. The van der Waals surface area contributed by atoms with E-state index in [2.05, 4.69) is 16.6 Å². The molecule has 0 amide bonds. The number of allylic oxidation sites excluding steroid dienone is 4. The smallest absolute Gasteiger partial charge is 0.306 e. The van der Waals surface area contributed by atoms with Crippen LogP contribution >= 0.6 is 43.2 Å². The van der Waals surface area contributed by atoms with Gasteiger partial charge in [0.2, 0.25) is 5.78 Å². The van der Waals surface area contributed by atoms with E-state index in [4.69, 9.17) is 18.9 Å². The molecule has 4 aliphatic carbocycles. The summed E-state index contributed by atoms with van der Waals surface area (Å²) in [6.07, 6.45) is 8.38. The van der Waals surface area contributed by atoms with Gasteiger partial charge in [0, 0.05) is 52.6 Å². The van der Waals surface area contributed by atoms with Crippen molar-refractivity contribution in [3.8, 4) is 0 Å². The van der Waals surface area contributed by atoms with Crippen molar-refractivity contribution in [2.24, 2.45) is 28.6 Å². The number of hydrogen-bond donors (Lipinski definition) is 0. The summed E-state index contributed by atoms with van der Waals surface area (Å²) in [4.78, 5) is 83.0. The number of nitrogens with zero attached hydrogens (tertiary/aromatic N) is 2. The lowest BCUT2D eigenvalue weighted by molar-refractivity contribution is -0.756. The summed E-state index contributed by atoms with van der Waals surface area (Å²) in [7, 11) is 5.80. The Morgan fingerprint density at radius 1 is 0.947 bits per heavy atom. The van der Waals surface area contributed by atoms with Crippen molar-refractivity contribution >= 4 is 66.7 Å². The molecule has 16 nitrogen and oxygen atoms in total. The Hall–Kier alpha value is -2.52. The molecule has 0 N–H and O–H groups in total. The number of esters is 2. The lowest BCUT2D eigenvalue weighted by atomic mass is 9.46. The van der Waals surface area contributed by atoms with Gasteiger partial charge in [0.15, 0.2) is 24.3 Å². The molecule has 1 unspecified atom stereocenters. The Morgan fingerprint density at radius 2 is 1.58 bits per heavy atom. The van der Waals surface area contributed by atoms with Crippen LogP contribution in [0.3, 0.4) is 0 Å². The monoisotopic (exact) mass is 876 g/mol. The minimum Gasteiger partial charge on any atom is -0.462 e. The summed E-state index contributed by atoms with van der Waals surface area (Å²) in [5, 5.41) is 19.0. The zero-order valence-corrected chi connectivity index (χ0v) is 35.7. The van der Waals surface area contributed by atoms with E-state index in [9.17, 15) is 39.4 Å². The molecule has 5 rings (SSSR count). The fraction of sp³-hybridized carbons (Fsp3) is 0.784. The summed E-state index contributed by atoms with van der Waals surface area (Å²) in [6, 6.07) is 0. The zero-order chi connectivity index (χ0) is 41.2. The van der Waals surface area contributed by atoms with Gasteiger partial charge in [-0.3, -0.25) is 19.2 Å². The van der Waals surface area contributed by atoms with E-state index in [0.717, 1.165) is 18.4 Å². The average molecular weight is 877 g/mol. The molecule has 0 aromatic rings. The molecule has 1 heterocycles. The van der Waals surface area contributed by atoms with Crippen LogP contribution in [0.1, 0.15) is 85.0 Å². The van der Waals surface area contributed by atoms with Crippen LogP contribution in [0.15, 0.2) is 23.8 Å². The van der Waals surface area contributed by atoms with E-state index in [1.54, 1.807) is 12.2 Å². The normalized spacial score (nSPS) is 32.3. The van der Waals surface area contributed by atoms with E-state index in [1.165, 1.54) is 43.2 Å². The number of ether oxygens (including phenoxy) is 4. The Labute approximate surface area is 347 Å². The highest BCUT2D eigenvalue weighted by atomic mass is 33.1. The highest BCUT2D eigenvalue weighted by molar-refractivity contribution is 8.77. The molecule has 0 radical (unpaired) electrons. The van der Waals surface area contributed by atoms with Crippen LogP contribution in [0.5, 0.6) is 0 Å². The second kappa shape index (κ2) is 20.6. The number of carbonyl (C=O) groups excluding carboxylic acids is 4. The van der Waals surface area contributed by atoms with Gasteiger partial charge in [0.25, 0.3) is 10.2 Å². The van der Waals surface area contributed by atoms with Gasteiger partial charge >= 0.3 is 11.9 Å². The lowest BCUT2D eigenvalue weighted by Gasteiger charge is -2.60. The van der Waals surface area contributed by atoms with E-state index in [0.29, 0.717) is 61.5 Å². The predicted molar refractivity (Wildman–Crippen MR) is 215 cm³/mol. The molecule has 318 valence electrons. The van der Waals surface area contributed by atoms with Crippen molar-refractivity contribution in [2.45, 2.75) is 109 Å². The van der Waals surface area contributed by atoms with Crippen LogP contribution in [0.25, 0.3) is 0 Å². The van der Waals surface area contributed by atoms with Crippen molar-refractivity contribution < 1.29 is 58.0 Å². The van der Waals surface area contributed by atoms with Crippen LogP contribution < -0.4 is 0 Å². The van der Waals surface area contributed by atoms with E-state index in [1.807, 2.05) is 19.9 Å². The van der Waals surface area contributed by atoms with Crippen molar-refractivity contribution in [1.29, 1.82) is 0 Å². The largest absolute Gasteiger partial charge is 0.462 e. The molecule has 20 heteroatoms. The fourth-order valence-corrected chi connectivity index (χ4v) is 13.5. The molecular weight excluding hydrogens is 825 g/mol. The highest BCUT2D eigenvalue weighted by Crippen LogP contribution is 2.70. The molecule has 1 aliphatic heterocycles. The quantitative estimate of drug-likeness (QED) is 0.0330. The molecule has 9 atom stereocenters. The van der Waals surface area contributed by atoms with Crippen LogP contribution in [-0.2, 0) is 47.8 Å². The van der Waals surface area contributed by atoms with Gasteiger partial charge < -0.3 is 28.6 Å². The van der Waals surface area contributed by atoms with E-state index >= 15 is 0 Å². The third-order valence-electron chi connectivity index (χ3n) is 12.0. The molecular formula is C37H52N2O14S4. The highest BCUT2D eigenvalue weighted by Gasteiger charge is 2.76. The molecule has 3 saturated carbocycles. The summed E-state index contributed by atoms with van der Waals surface area (Å²) in [5.74, 6) is 0.576. The van der Waals surface area contributed by atoms with Crippen molar-refractivity contribution in [1.82, 2.24) is 0 Å². The van der Waals surface area contributed by atoms with Crippen molar-refractivity contribution in [2.75, 3.05) is 42.8 Å². The first-order chi connectivity index (χ1) is 27.2. The molecule has 0 spiro atoms. The summed E-state index contributed by atoms with van der Waals surface area (Å²) >= 11 is 0. The van der Waals surface area contributed by atoms with Crippen LogP contribution in [0, 0.1) is 48.8 Å². The maximum absolute atomic E-state index is 14.6. The van der Waals surface area contributed by atoms with Crippen LogP contribution in [-0.4, -0.2) is 101 Å². The first kappa shape index (κ1) is 45.6. The van der Waals surface area contributed by atoms with Gasteiger partial charge in [0.05, 0.1) is 6.10 Å². The number of carbonyl (C=O) groups is 4. The number of Topliss-reactive ketones (excluding diaryl/α,β-unsaturated/α-hetero) is 1. The Morgan fingerprint density at radius 3 is 2.21 bits per heavy atom. The van der Waals surface area contributed by atoms with Gasteiger partial charge in [-0.05, 0) is 68.9 Å². The summed E-state index contributed by atoms with van der Waals surface area (Å²) < 4.78 is 25.4. The molecule has 4 fully saturated rings. The molecule has 0 aromatic heterocycles. The predicted octanol–water partition coefficient (Wildman–Crippen LogP) is 6.56. The van der Waals surface area contributed by atoms with Gasteiger partial charge in [-0.2, -0.15) is 0 Å². The van der Waals surface area contributed by atoms with Crippen molar-refractivity contribution in [3.05, 3.63) is 44.0 Å². The van der Waals surface area contributed by atoms with Gasteiger partial charge in [-0.1, -0.05) is 82.0 Å². The maximum atomic E-state index is 14.6. The Bertz CT molecular complexity index is 1570. The first-order valence-electron chi connectivity index (χ1n) is 19.4. The SMILES string of the molecule is CCCC1O[C@@H]2C[C@H]3[C@@H]4CCC5=CC(=O)C=C[C@]5(C)[C@H]4[C@@H](OC(=O)CCCSSCCO[N+](=O)[O-])C[C@]3(C)[C@]2(C(=O)COC(=O)CCCSSCCO[N+](=O)[O-])O1. The summed E-state index contributed by atoms with van der Waals surface area (Å²) in [5.41, 5.74) is -1.80. The molecule has 57 heavy (non-hydrogen) atoms. The van der Waals surface area contributed by atoms with Crippen molar-refractivity contribution in [3.63, 3.8) is 0 Å². The second-order valence-electron chi connectivity index (χ2n) is 15.3. The van der Waals surface area contributed by atoms with E-state index in [-0.39, 0.29) is 61.3 Å². The minimum absolute atomic E-state index is 0.00558. The van der Waals surface area contributed by atoms with E-state index < -0.39 is 57.7 Å². The minimum atomic E-state index is -1.44. The zero-order valence-electron chi connectivity index (χ0n) is 32.5. The molecule has 5 aliphatic rings. The average Bonchev–Trinajstić information content (AvgIpc) is 3.64. The Balaban J connectivity index is 1.29. The molecule has 1 saturated heterocycles. The number of ketones is 2.